The van der Waals surface area contributed by atoms with Crippen molar-refractivity contribution < 1.29 is 14.3 Å². The van der Waals surface area contributed by atoms with Gasteiger partial charge in [-0.1, -0.05) is 23.7 Å². The van der Waals surface area contributed by atoms with Gasteiger partial charge in [0, 0.05) is 20.1 Å². The van der Waals surface area contributed by atoms with Crippen LogP contribution in [0.15, 0.2) is 36.5 Å². The Morgan fingerprint density at radius 3 is 2.83 bits per heavy atom. The van der Waals surface area contributed by atoms with Gasteiger partial charge in [0.15, 0.2) is 0 Å². The molecule has 5 rings (SSSR count). The maximum atomic E-state index is 12.6. The molecule has 8 nitrogen and oxygen atoms in total. The Bertz CT molecular complexity index is 1280. The number of methoxy groups -OCH3 is 1. The molecule has 0 saturated heterocycles. The topological polar surface area (TPSA) is 88.6 Å². The van der Waals surface area contributed by atoms with E-state index in [2.05, 4.69) is 27.5 Å². The molecule has 1 aromatic heterocycles. The van der Waals surface area contributed by atoms with Gasteiger partial charge in [-0.25, -0.2) is 4.98 Å². The average molecular weight is 494 g/mol. The molecule has 1 aliphatic carbocycles. The molecule has 2 aromatic carbocycles. The number of nitrogens with one attached hydrogen (secondary N) is 2. The Morgan fingerprint density at radius 1 is 1.23 bits per heavy atom. The molecule has 1 fully saturated rings. The first kappa shape index (κ1) is 23.4. The summed E-state index contributed by atoms with van der Waals surface area (Å²) in [6.45, 7) is 4.46. The van der Waals surface area contributed by atoms with Crippen LogP contribution in [0.4, 0.5) is 11.6 Å². The number of amides is 1. The molecule has 0 unspecified atom stereocenters. The molecule has 182 valence electrons. The summed E-state index contributed by atoms with van der Waals surface area (Å²) < 4.78 is 11.6. The van der Waals surface area contributed by atoms with Crippen molar-refractivity contribution in [3.63, 3.8) is 0 Å². The molecule has 3 aromatic rings. The van der Waals surface area contributed by atoms with Gasteiger partial charge in [-0.15, -0.1) is 0 Å². The standard InChI is InChI=1S/C26H28ClN5O3/c1-15-9-20(22(34-3)10-18(15)12-28-11-16-7-8-16)30-26-29-13-19(27)24(31-26)35-21-6-4-5-17-14-32(2)25(33)23(17)21/h4-6,9-10,13,16,28H,7-8,11-12,14H2,1-3H3,(H,29,30,31). The van der Waals surface area contributed by atoms with E-state index in [0.29, 0.717) is 29.6 Å². The van der Waals surface area contributed by atoms with Crippen LogP contribution in [0.5, 0.6) is 17.4 Å². The number of carbonyl (C=O) groups excluding carboxylic acids is 1. The smallest absolute Gasteiger partial charge is 0.258 e. The predicted molar refractivity (Wildman–Crippen MR) is 135 cm³/mol. The second kappa shape index (κ2) is 9.71. The Kier molecular flexibility index (Phi) is 6.49. The Balaban J connectivity index is 1.36. The van der Waals surface area contributed by atoms with Gasteiger partial charge < -0.3 is 25.0 Å². The molecule has 9 heteroatoms. The molecule has 2 aliphatic rings. The highest BCUT2D eigenvalue weighted by atomic mass is 35.5. The molecule has 2 heterocycles. The maximum absolute atomic E-state index is 12.6. The first-order valence-corrected chi connectivity index (χ1v) is 12.0. The summed E-state index contributed by atoms with van der Waals surface area (Å²) in [6, 6.07) is 9.55. The zero-order chi connectivity index (χ0) is 24.5. The molecule has 35 heavy (non-hydrogen) atoms. The van der Waals surface area contributed by atoms with Crippen LogP contribution in [0, 0.1) is 12.8 Å². The molecule has 1 aliphatic heterocycles. The summed E-state index contributed by atoms with van der Waals surface area (Å²) in [7, 11) is 3.40. The minimum atomic E-state index is -0.0916. The fraction of sp³-hybridized carbons (Fsp3) is 0.346. The fourth-order valence-corrected chi connectivity index (χ4v) is 4.31. The third-order valence-electron chi connectivity index (χ3n) is 6.35. The molecule has 0 bridgehead atoms. The first-order chi connectivity index (χ1) is 16.9. The highest BCUT2D eigenvalue weighted by Gasteiger charge is 2.29. The lowest BCUT2D eigenvalue weighted by molar-refractivity contribution is 0.0814. The van der Waals surface area contributed by atoms with E-state index in [4.69, 9.17) is 21.1 Å². The van der Waals surface area contributed by atoms with Gasteiger partial charge in [0.05, 0.1) is 24.6 Å². The van der Waals surface area contributed by atoms with Gasteiger partial charge in [0.2, 0.25) is 11.8 Å². The van der Waals surface area contributed by atoms with E-state index < -0.39 is 0 Å². The molecule has 0 radical (unpaired) electrons. The molecular formula is C26H28ClN5O3. The van der Waals surface area contributed by atoms with Gasteiger partial charge in [-0.05, 0) is 67.1 Å². The average Bonchev–Trinajstić information content (AvgIpc) is 3.61. The molecule has 1 saturated carbocycles. The summed E-state index contributed by atoms with van der Waals surface area (Å²) in [4.78, 5) is 23.0. The van der Waals surface area contributed by atoms with Crippen LogP contribution in [0.1, 0.15) is 39.9 Å². The number of rotatable bonds is 9. The number of carbonyl (C=O) groups is 1. The quantitative estimate of drug-likeness (QED) is 0.430. The van der Waals surface area contributed by atoms with Gasteiger partial charge in [0.1, 0.15) is 16.5 Å². The van der Waals surface area contributed by atoms with Crippen LogP contribution in [0.2, 0.25) is 5.02 Å². The second-order valence-corrected chi connectivity index (χ2v) is 9.49. The van der Waals surface area contributed by atoms with Gasteiger partial charge >= 0.3 is 0 Å². The number of hydrogen-bond donors (Lipinski definition) is 2. The Labute approximate surface area is 209 Å². The largest absolute Gasteiger partial charge is 0.495 e. The number of nitrogens with zero attached hydrogens (tertiary/aromatic N) is 3. The van der Waals surface area contributed by atoms with Crippen molar-refractivity contribution in [1.82, 2.24) is 20.2 Å². The third kappa shape index (κ3) is 5.04. The minimum Gasteiger partial charge on any atom is -0.495 e. The second-order valence-electron chi connectivity index (χ2n) is 9.08. The van der Waals surface area contributed by atoms with Crippen molar-refractivity contribution in [2.75, 3.05) is 26.0 Å². The number of hydrogen-bond acceptors (Lipinski definition) is 7. The number of ether oxygens (including phenoxy) is 2. The van der Waals surface area contributed by atoms with E-state index in [1.807, 2.05) is 24.3 Å². The van der Waals surface area contributed by atoms with Gasteiger partial charge in [-0.3, -0.25) is 4.79 Å². The lowest BCUT2D eigenvalue weighted by Gasteiger charge is -2.16. The van der Waals surface area contributed by atoms with Crippen molar-refractivity contribution in [3.05, 3.63) is 63.8 Å². The number of aryl methyl sites for hydroxylation is 1. The van der Waals surface area contributed by atoms with Crippen LogP contribution in [-0.2, 0) is 13.1 Å². The highest BCUT2D eigenvalue weighted by molar-refractivity contribution is 6.31. The van der Waals surface area contributed by atoms with Gasteiger partial charge in [-0.2, -0.15) is 4.98 Å². The Hall–Kier alpha value is -3.36. The van der Waals surface area contributed by atoms with Crippen molar-refractivity contribution >= 4 is 29.1 Å². The summed E-state index contributed by atoms with van der Waals surface area (Å²) in [5.41, 5.74) is 4.49. The fourth-order valence-electron chi connectivity index (χ4n) is 4.18. The van der Waals surface area contributed by atoms with E-state index in [9.17, 15) is 4.79 Å². The summed E-state index contributed by atoms with van der Waals surface area (Å²) >= 11 is 6.34. The third-order valence-corrected chi connectivity index (χ3v) is 6.61. The lowest BCUT2D eigenvalue weighted by Crippen LogP contribution is -2.17. The number of halogens is 1. The van der Waals surface area contributed by atoms with E-state index in [1.54, 1.807) is 25.1 Å². The summed E-state index contributed by atoms with van der Waals surface area (Å²) in [5, 5.41) is 6.99. The van der Waals surface area contributed by atoms with Crippen molar-refractivity contribution in [2.45, 2.75) is 32.9 Å². The number of fused-ring (bicyclic) bond motifs is 1. The van der Waals surface area contributed by atoms with Crippen LogP contribution in [0.25, 0.3) is 0 Å². The summed E-state index contributed by atoms with van der Waals surface area (Å²) in [5.74, 6) is 2.31. The highest BCUT2D eigenvalue weighted by Crippen LogP contribution is 2.36. The van der Waals surface area contributed by atoms with Crippen LogP contribution >= 0.6 is 11.6 Å². The SMILES string of the molecule is COc1cc(CNCC2CC2)c(C)cc1Nc1ncc(Cl)c(Oc2cccc3c2C(=O)N(C)C3)n1. The molecule has 2 N–H and O–H groups in total. The van der Waals surface area contributed by atoms with Gasteiger partial charge in [0.25, 0.3) is 5.91 Å². The lowest BCUT2D eigenvalue weighted by atomic mass is 10.1. The van der Waals surface area contributed by atoms with Crippen molar-refractivity contribution in [3.8, 4) is 17.4 Å². The number of anilines is 2. The van der Waals surface area contributed by atoms with E-state index in [1.165, 1.54) is 24.6 Å². The van der Waals surface area contributed by atoms with Crippen LogP contribution < -0.4 is 20.1 Å². The van der Waals surface area contributed by atoms with Crippen molar-refractivity contribution in [1.29, 1.82) is 0 Å². The van der Waals surface area contributed by atoms with E-state index >= 15 is 0 Å². The zero-order valence-corrected chi connectivity index (χ0v) is 20.8. The summed E-state index contributed by atoms with van der Waals surface area (Å²) in [6.07, 6.45) is 4.12. The molecule has 1 amide bonds. The Morgan fingerprint density at radius 2 is 2.06 bits per heavy atom. The molecule has 0 spiro atoms. The molecule has 0 atom stereocenters. The minimum absolute atomic E-state index is 0.0916. The van der Waals surface area contributed by atoms with E-state index in [-0.39, 0.29) is 16.8 Å². The van der Waals surface area contributed by atoms with Crippen molar-refractivity contribution in [2.24, 2.45) is 5.92 Å². The zero-order valence-electron chi connectivity index (χ0n) is 20.0. The monoisotopic (exact) mass is 493 g/mol. The first-order valence-electron chi connectivity index (χ1n) is 11.7. The number of aromatic nitrogens is 2. The van der Waals surface area contributed by atoms with Crippen LogP contribution in [0.3, 0.4) is 0 Å². The molecular weight excluding hydrogens is 466 g/mol. The number of benzene rings is 2. The van der Waals surface area contributed by atoms with E-state index in [0.717, 1.165) is 35.8 Å². The van der Waals surface area contributed by atoms with Crippen LogP contribution in [-0.4, -0.2) is 41.5 Å². The predicted octanol–water partition coefficient (Wildman–Crippen LogP) is 5.07. The maximum Gasteiger partial charge on any atom is 0.258 e. The normalized spacial score (nSPS) is 14.7.